The van der Waals surface area contributed by atoms with Crippen molar-refractivity contribution in [1.29, 1.82) is 0 Å². The molecule has 0 bridgehead atoms. The van der Waals surface area contributed by atoms with Gasteiger partial charge in [0.25, 0.3) is 0 Å². The van der Waals surface area contributed by atoms with Crippen molar-refractivity contribution >= 4 is 17.6 Å². The summed E-state index contributed by atoms with van der Waals surface area (Å²) in [6, 6.07) is 5.09. The third kappa shape index (κ3) is 2.41. The van der Waals surface area contributed by atoms with Gasteiger partial charge in [0.1, 0.15) is 5.41 Å². The largest absolute Gasteiger partial charge is 0.490 e. The van der Waals surface area contributed by atoms with Gasteiger partial charge in [-0.25, -0.2) is 0 Å². The van der Waals surface area contributed by atoms with Crippen LogP contribution in [0.5, 0.6) is 11.5 Å². The van der Waals surface area contributed by atoms with E-state index in [0.29, 0.717) is 43.2 Å². The molecule has 1 aromatic rings. The van der Waals surface area contributed by atoms with Gasteiger partial charge < -0.3 is 19.9 Å². The maximum atomic E-state index is 12.2. The summed E-state index contributed by atoms with van der Waals surface area (Å²) in [6.45, 7) is 1.16. The highest BCUT2D eigenvalue weighted by Gasteiger charge is 2.51. The Labute approximate surface area is 122 Å². The van der Waals surface area contributed by atoms with Crippen LogP contribution in [0.25, 0.3) is 0 Å². The fourth-order valence-corrected chi connectivity index (χ4v) is 2.56. The van der Waals surface area contributed by atoms with Crippen LogP contribution >= 0.6 is 0 Å². The SMILES string of the molecule is O=C(O)C1(C(=O)Nc2ccc3c(c2)OCCCO3)CCC1. The number of carbonyl (C=O) groups is 2. The molecule has 1 aliphatic heterocycles. The van der Waals surface area contributed by atoms with Gasteiger partial charge in [-0.3, -0.25) is 9.59 Å². The van der Waals surface area contributed by atoms with E-state index in [-0.39, 0.29) is 0 Å². The Balaban J connectivity index is 1.77. The summed E-state index contributed by atoms with van der Waals surface area (Å²) >= 11 is 0. The molecular formula is C15H17NO5. The maximum absolute atomic E-state index is 12.2. The summed E-state index contributed by atoms with van der Waals surface area (Å²) in [5.74, 6) is -0.304. The highest BCUT2D eigenvalue weighted by atomic mass is 16.5. The second-order valence-electron chi connectivity index (χ2n) is 5.41. The molecular weight excluding hydrogens is 274 g/mol. The summed E-state index contributed by atoms with van der Waals surface area (Å²) < 4.78 is 11.1. The van der Waals surface area contributed by atoms with Crippen LogP contribution in [-0.4, -0.2) is 30.2 Å². The molecule has 1 heterocycles. The van der Waals surface area contributed by atoms with E-state index in [0.717, 1.165) is 12.8 Å². The number of fused-ring (bicyclic) bond motifs is 1. The van der Waals surface area contributed by atoms with Gasteiger partial charge in [-0.05, 0) is 25.0 Å². The molecule has 3 rings (SSSR count). The van der Waals surface area contributed by atoms with Gasteiger partial charge in [-0.2, -0.15) is 0 Å². The number of anilines is 1. The van der Waals surface area contributed by atoms with Gasteiger partial charge in [-0.1, -0.05) is 6.42 Å². The predicted molar refractivity (Wildman–Crippen MR) is 74.6 cm³/mol. The molecule has 21 heavy (non-hydrogen) atoms. The molecule has 1 amide bonds. The lowest BCUT2D eigenvalue weighted by Crippen LogP contribution is -2.48. The average molecular weight is 291 g/mol. The Morgan fingerprint density at radius 1 is 1.10 bits per heavy atom. The lowest BCUT2D eigenvalue weighted by molar-refractivity contribution is -0.159. The Bertz CT molecular complexity index is 579. The molecule has 6 heteroatoms. The maximum Gasteiger partial charge on any atom is 0.319 e. The molecule has 0 unspecified atom stereocenters. The number of ether oxygens (including phenoxy) is 2. The molecule has 0 radical (unpaired) electrons. The van der Waals surface area contributed by atoms with Crippen molar-refractivity contribution in [3.63, 3.8) is 0 Å². The molecule has 6 nitrogen and oxygen atoms in total. The van der Waals surface area contributed by atoms with E-state index >= 15 is 0 Å². The number of rotatable bonds is 3. The predicted octanol–water partition coefficient (Wildman–Crippen LogP) is 2.04. The topological polar surface area (TPSA) is 84.9 Å². The monoisotopic (exact) mass is 291 g/mol. The number of carbonyl (C=O) groups excluding carboxylic acids is 1. The first kappa shape index (κ1) is 13.7. The fourth-order valence-electron chi connectivity index (χ4n) is 2.56. The lowest BCUT2D eigenvalue weighted by atomic mass is 9.68. The summed E-state index contributed by atoms with van der Waals surface area (Å²) in [5, 5.41) is 11.9. The molecule has 0 aromatic heterocycles. The molecule has 0 spiro atoms. The standard InChI is InChI=1S/C15H17NO5/c17-13(15(14(18)19)5-1-6-15)16-10-3-4-11-12(9-10)21-8-2-7-20-11/h3-4,9H,1-2,5-8H2,(H,16,17)(H,18,19). The van der Waals surface area contributed by atoms with Crippen LogP contribution in [-0.2, 0) is 9.59 Å². The van der Waals surface area contributed by atoms with Gasteiger partial charge in [0.2, 0.25) is 5.91 Å². The van der Waals surface area contributed by atoms with Gasteiger partial charge in [0, 0.05) is 18.2 Å². The summed E-state index contributed by atoms with van der Waals surface area (Å²) in [6.07, 6.45) is 2.34. The molecule has 1 fully saturated rings. The van der Waals surface area contributed by atoms with E-state index in [4.69, 9.17) is 9.47 Å². The van der Waals surface area contributed by atoms with Crippen LogP contribution in [0.3, 0.4) is 0 Å². The summed E-state index contributed by atoms with van der Waals surface area (Å²) in [5.41, 5.74) is -0.749. The van der Waals surface area contributed by atoms with Gasteiger partial charge in [0.05, 0.1) is 13.2 Å². The molecule has 1 aliphatic carbocycles. The van der Waals surface area contributed by atoms with Gasteiger partial charge in [-0.15, -0.1) is 0 Å². The van der Waals surface area contributed by atoms with E-state index in [1.165, 1.54) is 0 Å². The van der Waals surface area contributed by atoms with Crippen molar-refractivity contribution in [2.45, 2.75) is 25.7 Å². The number of carboxylic acid groups (broad SMARTS) is 1. The van der Waals surface area contributed by atoms with E-state index in [1.807, 2.05) is 0 Å². The number of hydrogen-bond donors (Lipinski definition) is 2. The normalized spacial score (nSPS) is 19.0. The first-order chi connectivity index (χ1) is 10.1. The quantitative estimate of drug-likeness (QED) is 0.832. The zero-order chi connectivity index (χ0) is 14.9. The van der Waals surface area contributed by atoms with Crippen LogP contribution in [0, 0.1) is 5.41 Å². The molecule has 112 valence electrons. The van der Waals surface area contributed by atoms with Crippen LogP contribution in [0.15, 0.2) is 18.2 Å². The molecule has 0 atom stereocenters. The Morgan fingerprint density at radius 3 is 2.43 bits per heavy atom. The Morgan fingerprint density at radius 2 is 1.81 bits per heavy atom. The van der Waals surface area contributed by atoms with E-state index in [1.54, 1.807) is 18.2 Å². The van der Waals surface area contributed by atoms with Crippen molar-refractivity contribution < 1.29 is 24.2 Å². The second kappa shape index (κ2) is 5.27. The molecule has 1 aromatic carbocycles. The van der Waals surface area contributed by atoms with E-state index in [2.05, 4.69) is 5.32 Å². The van der Waals surface area contributed by atoms with Gasteiger partial charge >= 0.3 is 5.97 Å². The summed E-state index contributed by atoms with van der Waals surface area (Å²) in [7, 11) is 0. The number of carboxylic acids is 1. The van der Waals surface area contributed by atoms with Crippen molar-refractivity contribution in [3.8, 4) is 11.5 Å². The second-order valence-corrected chi connectivity index (χ2v) is 5.41. The smallest absolute Gasteiger partial charge is 0.319 e. The van der Waals surface area contributed by atoms with Crippen molar-refractivity contribution in [3.05, 3.63) is 18.2 Å². The van der Waals surface area contributed by atoms with Crippen molar-refractivity contribution in [2.24, 2.45) is 5.41 Å². The first-order valence-electron chi connectivity index (χ1n) is 7.06. The zero-order valence-electron chi connectivity index (χ0n) is 11.6. The minimum absolute atomic E-state index is 0.388. The van der Waals surface area contributed by atoms with E-state index < -0.39 is 17.3 Å². The Kier molecular flexibility index (Phi) is 3.45. The number of amides is 1. The number of benzene rings is 1. The minimum Gasteiger partial charge on any atom is -0.490 e. The van der Waals surface area contributed by atoms with Crippen LogP contribution < -0.4 is 14.8 Å². The lowest BCUT2D eigenvalue weighted by Gasteiger charge is -2.35. The number of aliphatic carboxylic acids is 1. The molecule has 0 saturated heterocycles. The third-order valence-corrected chi connectivity index (χ3v) is 4.06. The molecule has 2 N–H and O–H groups in total. The minimum atomic E-state index is -1.27. The number of hydrogen-bond acceptors (Lipinski definition) is 4. The van der Waals surface area contributed by atoms with Crippen LogP contribution in [0.4, 0.5) is 5.69 Å². The summed E-state index contributed by atoms with van der Waals surface area (Å²) in [4.78, 5) is 23.5. The zero-order valence-corrected chi connectivity index (χ0v) is 11.6. The molecule has 1 saturated carbocycles. The number of nitrogens with one attached hydrogen (secondary N) is 1. The Hall–Kier alpha value is -2.24. The average Bonchev–Trinajstić information content (AvgIpc) is 2.61. The van der Waals surface area contributed by atoms with Crippen LogP contribution in [0.2, 0.25) is 0 Å². The highest BCUT2D eigenvalue weighted by molar-refractivity contribution is 6.09. The highest BCUT2D eigenvalue weighted by Crippen LogP contribution is 2.42. The molecule has 2 aliphatic rings. The first-order valence-corrected chi connectivity index (χ1v) is 7.06. The van der Waals surface area contributed by atoms with Crippen LogP contribution in [0.1, 0.15) is 25.7 Å². The van der Waals surface area contributed by atoms with Crippen molar-refractivity contribution in [2.75, 3.05) is 18.5 Å². The van der Waals surface area contributed by atoms with Gasteiger partial charge in [0.15, 0.2) is 11.5 Å². The fraction of sp³-hybridized carbons (Fsp3) is 0.467. The van der Waals surface area contributed by atoms with Crippen molar-refractivity contribution in [1.82, 2.24) is 0 Å². The van der Waals surface area contributed by atoms with E-state index in [9.17, 15) is 14.7 Å². The third-order valence-electron chi connectivity index (χ3n) is 4.06.